The van der Waals surface area contributed by atoms with Gasteiger partial charge in [-0.3, -0.25) is 9.59 Å². The van der Waals surface area contributed by atoms with Gasteiger partial charge in [-0.1, -0.05) is 44.1 Å². The predicted molar refractivity (Wildman–Crippen MR) is 111 cm³/mol. The van der Waals surface area contributed by atoms with Crippen molar-refractivity contribution in [3.63, 3.8) is 0 Å². The summed E-state index contributed by atoms with van der Waals surface area (Å²) in [4.78, 5) is 22.6. The Bertz CT molecular complexity index is 525. The summed E-state index contributed by atoms with van der Waals surface area (Å²) in [6.07, 6.45) is 7.23. The lowest BCUT2D eigenvalue weighted by Gasteiger charge is -2.36. The second-order valence-corrected chi connectivity index (χ2v) is 13.3. The molecule has 0 aliphatic rings. The van der Waals surface area contributed by atoms with Crippen LogP contribution >= 0.6 is 0 Å². The maximum absolute atomic E-state index is 11.6. The van der Waals surface area contributed by atoms with Crippen molar-refractivity contribution in [2.75, 3.05) is 13.7 Å². The predicted octanol–water partition coefficient (Wildman–Crippen LogP) is 5.59. The molecule has 0 unspecified atom stereocenters. The van der Waals surface area contributed by atoms with Crippen LogP contribution in [0, 0.1) is 0 Å². The maximum atomic E-state index is 11.6. The molecule has 26 heavy (non-hydrogen) atoms. The number of esters is 1. The van der Waals surface area contributed by atoms with Gasteiger partial charge >= 0.3 is 5.97 Å². The van der Waals surface area contributed by atoms with Crippen LogP contribution in [0.1, 0.15) is 66.7 Å². The number of allylic oxidation sites excluding steroid dienone is 3. The average molecular weight is 383 g/mol. The molecule has 0 spiro atoms. The third-order valence-electron chi connectivity index (χ3n) is 4.98. The molecule has 4 nitrogen and oxygen atoms in total. The largest absolute Gasteiger partial charge is 0.469 e. The van der Waals surface area contributed by atoms with Crippen molar-refractivity contribution in [1.29, 1.82) is 0 Å². The zero-order chi connectivity index (χ0) is 20.4. The van der Waals surface area contributed by atoms with Crippen molar-refractivity contribution in [2.45, 2.75) is 84.9 Å². The Kier molecular flexibility index (Phi) is 11.0. The van der Waals surface area contributed by atoms with Crippen LogP contribution < -0.4 is 0 Å². The number of rotatable bonds is 11. The van der Waals surface area contributed by atoms with E-state index in [-0.39, 0.29) is 17.2 Å². The molecule has 0 heterocycles. The lowest BCUT2D eigenvalue weighted by molar-refractivity contribution is -0.143. The molecule has 5 heteroatoms. The van der Waals surface area contributed by atoms with Crippen molar-refractivity contribution in [3.8, 4) is 0 Å². The second-order valence-electron chi connectivity index (χ2n) is 8.52. The molecule has 0 fully saturated rings. The van der Waals surface area contributed by atoms with Crippen LogP contribution in [0.15, 0.2) is 23.3 Å². The first kappa shape index (κ1) is 24.8. The van der Waals surface area contributed by atoms with Gasteiger partial charge in [-0.15, -0.1) is 0 Å². The van der Waals surface area contributed by atoms with Gasteiger partial charge in [0.15, 0.2) is 8.32 Å². The van der Waals surface area contributed by atoms with Gasteiger partial charge in [0.2, 0.25) is 0 Å². The maximum Gasteiger partial charge on any atom is 0.313 e. The lowest BCUT2D eigenvalue weighted by Crippen LogP contribution is -2.41. The van der Waals surface area contributed by atoms with E-state index < -0.39 is 14.3 Å². The zero-order valence-electron chi connectivity index (χ0n) is 18.0. The molecule has 0 saturated heterocycles. The van der Waals surface area contributed by atoms with E-state index in [0.717, 1.165) is 12.8 Å². The molecule has 0 aromatic carbocycles. The first-order valence-corrected chi connectivity index (χ1v) is 12.3. The molecule has 0 aromatic rings. The second kappa shape index (κ2) is 11.5. The van der Waals surface area contributed by atoms with Crippen molar-refractivity contribution in [2.24, 2.45) is 0 Å². The summed E-state index contributed by atoms with van der Waals surface area (Å²) in [5, 5.41) is 0.234. The van der Waals surface area contributed by atoms with Crippen LogP contribution in [-0.4, -0.2) is 33.8 Å². The van der Waals surface area contributed by atoms with E-state index in [1.807, 2.05) is 0 Å². The Balaban J connectivity index is 4.18. The SMILES string of the molecule is COC(=O)CC(=O)CC/C=C(\C)CC/C=C(\C)CO[Si](C)(C)C(C)(C)C. The molecular formula is C21H38O4Si. The van der Waals surface area contributed by atoms with Crippen molar-refractivity contribution in [3.05, 3.63) is 23.3 Å². The summed E-state index contributed by atoms with van der Waals surface area (Å²) in [6, 6.07) is 0. The fourth-order valence-electron chi connectivity index (χ4n) is 2.02. The first-order chi connectivity index (χ1) is 11.9. The number of ketones is 1. The van der Waals surface area contributed by atoms with E-state index in [9.17, 15) is 9.59 Å². The van der Waals surface area contributed by atoms with Crippen LogP contribution in [0.25, 0.3) is 0 Å². The van der Waals surface area contributed by atoms with E-state index >= 15 is 0 Å². The molecule has 150 valence electrons. The molecule has 0 rings (SSSR count). The molecule has 0 saturated carbocycles. The average Bonchev–Trinajstić information content (AvgIpc) is 2.51. The van der Waals surface area contributed by atoms with Gasteiger partial charge in [0.05, 0.1) is 13.7 Å². The number of hydrogen-bond acceptors (Lipinski definition) is 4. The number of carbonyl (C=O) groups excluding carboxylic acids is 2. The zero-order valence-corrected chi connectivity index (χ0v) is 19.0. The van der Waals surface area contributed by atoms with E-state index in [0.29, 0.717) is 19.4 Å². The summed E-state index contributed by atoms with van der Waals surface area (Å²) in [5.74, 6) is -0.532. The van der Waals surface area contributed by atoms with E-state index in [4.69, 9.17) is 4.43 Å². The smallest absolute Gasteiger partial charge is 0.313 e. The fraction of sp³-hybridized carbons (Fsp3) is 0.714. The van der Waals surface area contributed by atoms with Crippen molar-refractivity contribution < 1.29 is 18.8 Å². The molecule has 0 aliphatic carbocycles. The Morgan fingerprint density at radius 2 is 1.50 bits per heavy atom. The minimum atomic E-state index is -1.69. The van der Waals surface area contributed by atoms with Gasteiger partial charge in [-0.25, -0.2) is 0 Å². The van der Waals surface area contributed by atoms with Crippen LogP contribution in [0.5, 0.6) is 0 Å². The highest BCUT2D eigenvalue weighted by atomic mass is 28.4. The Labute approximate surface area is 161 Å². The molecule has 0 aliphatic heterocycles. The van der Waals surface area contributed by atoms with Crippen LogP contribution in [0.2, 0.25) is 18.1 Å². The highest BCUT2D eigenvalue weighted by Crippen LogP contribution is 2.36. The monoisotopic (exact) mass is 382 g/mol. The van der Waals surface area contributed by atoms with Gasteiger partial charge < -0.3 is 9.16 Å². The third-order valence-corrected chi connectivity index (χ3v) is 9.46. The van der Waals surface area contributed by atoms with Gasteiger partial charge in [0, 0.05) is 6.42 Å². The van der Waals surface area contributed by atoms with Crippen molar-refractivity contribution >= 4 is 20.1 Å². The first-order valence-electron chi connectivity index (χ1n) is 9.43. The van der Waals surface area contributed by atoms with E-state index in [2.05, 4.69) is 64.6 Å². The van der Waals surface area contributed by atoms with Crippen LogP contribution in [0.4, 0.5) is 0 Å². The summed E-state index contributed by atoms with van der Waals surface area (Å²) < 4.78 is 10.7. The van der Waals surface area contributed by atoms with Gasteiger partial charge in [-0.05, 0) is 51.2 Å². The lowest BCUT2D eigenvalue weighted by atomic mass is 10.1. The molecule has 0 aromatic heterocycles. The molecule has 0 amide bonds. The normalized spacial score (nSPS) is 13.7. The number of methoxy groups -OCH3 is 1. The standard InChI is InChI=1S/C21H38O4Si/c1-17(12-10-14-19(22)15-20(23)24-6)11-9-13-18(2)16-25-26(7,8)21(3,4)5/h12-13H,9-11,14-16H2,1-8H3/b17-12+,18-13+. The highest BCUT2D eigenvalue weighted by molar-refractivity contribution is 6.74. The fourth-order valence-corrected chi connectivity index (χ4v) is 3.04. The molecule has 0 radical (unpaired) electrons. The van der Waals surface area contributed by atoms with Gasteiger partial charge in [0.25, 0.3) is 0 Å². The topological polar surface area (TPSA) is 52.6 Å². The summed E-state index contributed by atoms with van der Waals surface area (Å²) >= 11 is 0. The molecule has 0 atom stereocenters. The minimum absolute atomic E-state index is 0.0700. The molecule has 0 N–H and O–H groups in total. The third kappa shape index (κ3) is 10.7. The van der Waals surface area contributed by atoms with Crippen LogP contribution in [-0.2, 0) is 18.8 Å². The minimum Gasteiger partial charge on any atom is -0.469 e. The van der Waals surface area contributed by atoms with Gasteiger partial charge in [-0.2, -0.15) is 0 Å². The van der Waals surface area contributed by atoms with E-state index in [1.165, 1.54) is 18.3 Å². The van der Waals surface area contributed by atoms with Crippen molar-refractivity contribution in [1.82, 2.24) is 0 Å². The molecular weight excluding hydrogens is 344 g/mol. The molecule has 0 bridgehead atoms. The van der Waals surface area contributed by atoms with Crippen LogP contribution in [0.3, 0.4) is 0 Å². The Hall–Kier alpha value is -1.20. The van der Waals surface area contributed by atoms with E-state index in [1.54, 1.807) is 0 Å². The highest BCUT2D eigenvalue weighted by Gasteiger charge is 2.36. The summed E-state index contributed by atoms with van der Waals surface area (Å²) in [5.41, 5.74) is 2.54. The number of Topliss-reactive ketones (excluding diaryl/α,β-unsaturated/α-hetero) is 1. The Morgan fingerprint density at radius 1 is 0.962 bits per heavy atom. The Morgan fingerprint density at radius 3 is 2.04 bits per heavy atom. The quantitative estimate of drug-likeness (QED) is 0.202. The summed E-state index contributed by atoms with van der Waals surface area (Å²) in [7, 11) is -0.391. The number of hydrogen-bond donors (Lipinski definition) is 0. The van der Waals surface area contributed by atoms with Gasteiger partial charge in [0.1, 0.15) is 12.2 Å². The number of carbonyl (C=O) groups is 2. The number of ether oxygens (including phenoxy) is 1. The summed E-state index contributed by atoms with van der Waals surface area (Å²) in [6.45, 7) is 16.2.